The zero-order valence-electron chi connectivity index (χ0n) is 9.27. The van der Waals surface area contributed by atoms with Gasteiger partial charge in [0.25, 0.3) is 0 Å². The molecule has 0 saturated carbocycles. The van der Waals surface area contributed by atoms with Crippen molar-refractivity contribution in [1.82, 2.24) is 0 Å². The second-order valence-corrected chi connectivity index (χ2v) is 5.84. The molecule has 0 rings (SSSR count). The van der Waals surface area contributed by atoms with Crippen molar-refractivity contribution in [3.8, 4) is 0 Å². The predicted molar refractivity (Wildman–Crippen MR) is 66.1 cm³/mol. The van der Waals surface area contributed by atoms with Gasteiger partial charge in [-0.2, -0.15) is 0 Å². The molecule has 0 aromatic carbocycles. The summed E-state index contributed by atoms with van der Waals surface area (Å²) in [5.74, 6) is 0.664. The van der Waals surface area contributed by atoms with E-state index in [1.54, 1.807) is 0 Å². The molecule has 3 heteroatoms. The van der Waals surface area contributed by atoms with Crippen molar-refractivity contribution >= 4 is 21.1 Å². The van der Waals surface area contributed by atoms with E-state index in [9.17, 15) is 4.55 Å². The van der Waals surface area contributed by atoms with E-state index >= 15 is 0 Å². The summed E-state index contributed by atoms with van der Waals surface area (Å²) in [4.78, 5) is 0. The van der Waals surface area contributed by atoms with Gasteiger partial charge in [0.15, 0.2) is 10.7 Å². The summed E-state index contributed by atoms with van der Waals surface area (Å²) in [6.45, 7) is 2.24. The molecule has 0 radical (unpaired) electrons. The molecule has 1 unspecified atom stereocenters. The molecule has 0 aromatic rings. The van der Waals surface area contributed by atoms with Gasteiger partial charge in [-0.1, -0.05) is 51.9 Å². The van der Waals surface area contributed by atoms with Crippen LogP contribution in [0.5, 0.6) is 0 Å². The van der Waals surface area contributed by atoms with E-state index in [0.717, 1.165) is 6.42 Å². The molecule has 0 spiro atoms. The first kappa shape index (κ1) is 14.6. The number of hydrogen-bond acceptors (Lipinski definition) is 1. The molecule has 0 aromatic heterocycles. The molecule has 1 atom stereocenters. The Morgan fingerprint density at radius 3 is 1.71 bits per heavy atom. The monoisotopic (exact) mass is 238 g/mol. The number of halogens is 1. The fourth-order valence-electron chi connectivity index (χ4n) is 1.53. The number of unbranched alkanes of at least 4 members (excludes halogenated alkanes) is 8. The lowest BCUT2D eigenvalue weighted by Gasteiger charge is -2.01. The minimum absolute atomic E-state index is 0.664. The van der Waals surface area contributed by atoms with Gasteiger partial charge in [-0.3, -0.25) is 0 Å². The summed E-state index contributed by atoms with van der Waals surface area (Å²) >= 11 is 0. The van der Waals surface area contributed by atoms with Crippen molar-refractivity contribution in [3.63, 3.8) is 0 Å². The highest BCUT2D eigenvalue weighted by atomic mass is 35.7. The van der Waals surface area contributed by atoms with Crippen LogP contribution in [0.1, 0.15) is 64.7 Å². The third kappa shape index (κ3) is 12.6. The maximum atomic E-state index is 10.5. The zero-order valence-corrected chi connectivity index (χ0v) is 10.8. The maximum absolute atomic E-state index is 10.5. The first-order chi connectivity index (χ1) is 6.77. The average Bonchev–Trinajstić information content (AvgIpc) is 2.15. The fourth-order valence-corrected chi connectivity index (χ4v) is 2.28. The summed E-state index contributed by atoms with van der Waals surface area (Å²) in [6.07, 6.45) is 11.7. The molecule has 14 heavy (non-hydrogen) atoms. The largest absolute Gasteiger partial charge is 0.599 e. The van der Waals surface area contributed by atoms with Gasteiger partial charge < -0.3 is 4.55 Å². The highest BCUT2D eigenvalue weighted by Gasteiger charge is 1.99. The van der Waals surface area contributed by atoms with Crippen LogP contribution in [0.3, 0.4) is 0 Å². The second kappa shape index (κ2) is 11.7. The van der Waals surface area contributed by atoms with Crippen molar-refractivity contribution in [2.75, 3.05) is 5.75 Å². The average molecular weight is 239 g/mol. The minimum atomic E-state index is -1.10. The Morgan fingerprint density at radius 1 is 0.857 bits per heavy atom. The lowest BCUT2D eigenvalue weighted by molar-refractivity contribution is 0.568. The van der Waals surface area contributed by atoms with Gasteiger partial charge in [-0.05, 0) is 12.8 Å². The summed E-state index contributed by atoms with van der Waals surface area (Å²) in [6, 6.07) is 0. The Balaban J connectivity index is 2.85. The topological polar surface area (TPSA) is 23.1 Å². The van der Waals surface area contributed by atoms with Gasteiger partial charge in [-0.15, -0.1) is 0 Å². The van der Waals surface area contributed by atoms with E-state index in [0.29, 0.717) is 5.75 Å². The third-order valence-corrected chi connectivity index (χ3v) is 3.48. The molecular weight excluding hydrogens is 216 g/mol. The minimum Gasteiger partial charge on any atom is -0.599 e. The second-order valence-electron chi connectivity index (χ2n) is 3.82. The molecule has 0 aliphatic heterocycles. The van der Waals surface area contributed by atoms with Crippen LogP contribution in [-0.2, 0) is 10.4 Å². The molecular formula is C11H23ClOS. The molecule has 1 nitrogen and oxygen atoms in total. The smallest absolute Gasteiger partial charge is 0.174 e. The third-order valence-electron chi connectivity index (χ3n) is 2.41. The Hall–Kier alpha value is 0.600. The fraction of sp³-hybridized carbons (Fsp3) is 1.00. The van der Waals surface area contributed by atoms with Crippen LogP contribution < -0.4 is 0 Å². The highest BCUT2D eigenvalue weighted by molar-refractivity contribution is 8.13. The Bertz CT molecular complexity index is 109. The van der Waals surface area contributed by atoms with E-state index in [-0.39, 0.29) is 0 Å². The van der Waals surface area contributed by atoms with Crippen LogP contribution >= 0.6 is 10.7 Å². The summed E-state index contributed by atoms with van der Waals surface area (Å²) < 4.78 is 10.5. The Labute approximate surface area is 96.3 Å². The van der Waals surface area contributed by atoms with E-state index in [2.05, 4.69) is 6.92 Å². The maximum Gasteiger partial charge on any atom is 0.174 e. The van der Waals surface area contributed by atoms with Gasteiger partial charge in [0.2, 0.25) is 0 Å². The first-order valence-electron chi connectivity index (χ1n) is 5.82. The van der Waals surface area contributed by atoms with Crippen molar-refractivity contribution in [2.45, 2.75) is 64.7 Å². The predicted octanol–water partition coefficient (Wildman–Crippen LogP) is 4.42. The van der Waals surface area contributed by atoms with E-state index in [1.165, 1.54) is 51.4 Å². The van der Waals surface area contributed by atoms with E-state index in [1.807, 2.05) is 0 Å². The molecule has 0 N–H and O–H groups in total. The van der Waals surface area contributed by atoms with Crippen LogP contribution in [0.25, 0.3) is 0 Å². The standard InChI is InChI=1S/C11H23ClOS/c1-2-3-4-5-6-7-8-9-10-11-14(12)13/h2-11H2,1H3. The quantitative estimate of drug-likeness (QED) is 0.408. The molecule has 0 saturated heterocycles. The normalized spacial score (nSPS) is 13.1. The van der Waals surface area contributed by atoms with Gasteiger partial charge in [0, 0.05) is 0 Å². The zero-order chi connectivity index (χ0) is 10.6. The van der Waals surface area contributed by atoms with Crippen LogP contribution in [0.4, 0.5) is 0 Å². The Morgan fingerprint density at radius 2 is 1.29 bits per heavy atom. The number of hydrogen-bond donors (Lipinski definition) is 0. The van der Waals surface area contributed by atoms with Crippen molar-refractivity contribution in [1.29, 1.82) is 0 Å². The molecule has 0 aliphatic rings. The molecule has 0 amide bonds. The van der Waals surface area contributed by atoms with Crippen molar-refractivity contribution in [2.24, 2.45) is 0 Å². The van der Waals surface area contributed by atoms with Crippen LogP contribution in [0, 0.1) is 0 Å². The summed E-state index contributed by atoms with van der Waals surface area (Å²) in [5.41, 5.74) is 0. The SMILES string of the molecule is CCCCCCCCCCC[S+]([O-])Cl. The van der Waals surface area contributed by atoms with Crippen molar-refractivity contribution in [3.05, 3.63) is 0 Å². The summed E-state index contributed by atoms with van der Waals surface area (Å²) in [7, 11) is 4.24. The van der Waals surface area contributed by atoms with Gasteiger partial charge in [0.05, 0.1) is 10.4 Å². The molecule has 0 heterocycles. The van der Waals surface area contributed by atoms with E-state index < -0.39 is 10.4 Å². The Kier molecular flexibility index (Phi) is 12.2. The van der Waals surface area contributed by atoms with Gasteiger partial charge in [-0.25, -0.2) is 0 Å². The summed E-state index contributed by atoms with van der Waals surface area (Å²) in [5, 5.41) is 0. The molecule has 86 valence electrons. The van der Waals surface area contributed by atoms with Gasteiger partial charge in [0.1, 0.15) is 5.75 Å². The van der Waals surface area contributed by atoms with Crippen LogP contribution in [0.2, 0.25) is 0 Å². The van der Waals surface area contributed by atoms with E-state index in [4.69, 9.17) is 10.7 Å². The number of rotatable bonds is 10. The molecule has 0 bridgehead atoms. The van der Waals surface area contributed by atoms with Crippen LogP contribution in [-0.4, -0.2) is 10.3 Å². The molecule has 0 fully saturated rings. The molecule has 0 aliphatic carbocycles. The first-order valence-corrected chi connectivity index (χ1v) is 7.96. The lowest BCUT2D eigenvalue weighted by Crippen LogP contribution is -1.96. The highest BCUT2D eigenvalue weighted by Crippen LogP contribution is 2.10. The lowest BCUT2D eigenvalue weighted by atomic mass is 10.1. The van der Waals surface area contributed by atoms with Crippen molar-refractivity contribution < 1.29 is 4.55 Å². The van der Waals surface area contributed by atoms with Crippen LogP contribution in [0.15, 0.2) is 0 Å². The van der Waals surface area contributed by atoms with Gasteiger partial charge >= 0.3 is 0 Å².